The van der Waals surface area contributed by atoms with E-state index in [9.17, 15) is 4.79 Å². The molecule has 0 radical (unpaired) electrons. The molecule has 0 unspecified atom stereocenters. The lowest BCUT2D eigenvalue weighted by Crippen LogP contribution is -2.40. The summed E-state index contributed by atoms with van der Waals surface area (Å²) in [5.74, 6) is 0.817. The molecule has 1 fully saturated rings. The number of rotatable bonds is 2. The molecule has 106 valence electrons. The second-order valence-electron chi connectivity index (χ2n) is 4.94. The highest BCUT2D eigenvalue weighted by Gasteiger charge is 2.23. The molecule has 1 N–H and O–H groups in total. The normalized spacial score (nSPS) is 15.6. The van der Waals surface area contributed by atoms with Gasteiger partial charge >= 0.3 is 0 Å². The molecular weight excluding hydrogens is 256 g/mol. The summed E-state index contributed by atoms with van der Waals surface area (Å²) in [4.78, 5) is 17.8. The number of ether oxygens (including phenoxy) is 2. The van der Waals surface area contributed by atoms with Crippen molar-refractivity contribution in [2.24, 2.45) is 0 Å². The maximum atomic E-state index is 12.7. The molecule has 1 aliphatic heterocycles. The van der Waals surface area contributed by atoms with Crippen LogP contribution >= 0.6 is 0 Å². The third kappa shape index (κ3) is 2.14. The van der Waals surface area contributed by atoms with Crippen LogP contribution in [-0.2, 0) is 4.74 Å². The summed E-state index contributed by atoms with van der Waals surface area (Å²) >= 11 is 0. The molecule has 0 bridgehead atoms. The molecule has 1 saturated heterocycles. The number of carbonyl (C=O) groups is 1. The standard InChI is InChI=1S/C15H18N2O3/c1-10-14(15(18)17-5-7-20-8-6-17)12-9-11(19-2)3-4-13(12)16-10/h3-4,9,16H,5-8H2,1-2H3. The number of H-pyrrole nitrogens is 1. The number of aromatic nitrogens is 1. The van der Waals surface area contributed by atoms with Crippen molar-refractivity contribution in [1.29, 1.82) is 0 Å². The molecule has 0 spiro atoms. The second kappa shape index (κ2) is 5.17. The minimum atomic E-state index is 0.0605. The smallest absolute Gasteiger partial charge is 0.256 e. The summed E-state index contributed by atoms with van der Waals surface area (Å²) in [7, 11) is 1.63. The number of hydrogen-bond acceptors (Lipinski definition) is 3. The molecule has 0 aliphatic carbocycles. The lowest BCUT2D eigenvalue weighted by Gasteiger charge is -2.27. The van der Waals surface area contributed by atoms with Gasteiger partial charge in [0, 0.05) is 29.7 Å². The van der Waals surface area contributed by atoms with Gasteiger partial charge < -0.3 is 19.4 Å². The summed E-state index contributed by atoms with van der Waals surface area (Å²) in [5.41, 5.74) is 2.59. The van der Waals surface area contributed by atoms with Gasteiger partial charge in [-0.2, -0.15) is 0 Å². The first-order valence-electron chi connectivity index (χ1n) is 6.74. The van der Waals surface area contributed by atoms with E-state index in [1.54, 1.807) is 7.11 Å². The average Bonchev–Trinajstić information content (AvgIpc) is 2.82. The monoisotopic (exact) mass is 274 g/mol. The predicted octanol–water partition coefficient (Wildman–Crippen LogP) is 1.96. The van der Waals surface area contributed by atoms with Crippen LogP contribution in [0.5, 0.6) is 5.75 Å². The molecule has 5 heteroatoms. The summed E-state index contributed by atoms with van der Waals surface area (Å²) in [6.45, 7) is 4.44. The molecule has 1 amide bonds. The number of carbonyl (C=O) groups excluding carboxylic acids is 1. The highest BCUT2D eigenvalue weighted by Crippen LogP contribution is 2.27. The molecule has 1 aliphatic rings. The first-order chi connectivity index (χ1) is 9.70. The van der Waals surface area contributed by atoms with Gasteiger partial charge in [0.15, 0.2) is 0 Å². The van der Waals surface area contributed by atoms with Crippen LogP contribution in [0, 0.1) is 6.92 Å². The van der Waals surface area contributed by atoms with Crippen LogP contribution < -0.4 is 4.74 Å². The van der Waals surface area contributed by atoms with E-state index >= 15 is 0 Å². The number of aryl methyl sites for hydroxylation is 1. The average molecular weight is 274 g/mol. The first-order valence-corrected chi connectivity index (χ1v) is 6.74. The number of morpholine rings is 1. The van der Waals surface area contributed by atoms with E-state index in [4.69, 9.17) is 9.47 Å². The van der Waals surface area contributed by atoms with Gasteiger partial charge in [-0.25, -0.2) is 0 Å². The fraction of sp³-hybridized carbons (Fsp3) is 0.400. The minimum Gasteiger partial charge on any atom is -0.497 e. The first kappa shape index (κ1) is 13.0. The van der Waals surface area contributed by atoms with Crippen molar-refractivity contribution >= 4 is 16.8 Å². The van der Waals surface area contributed by atoms with Gasteiger partial charge in [0.05, 0.1) is 25.9 Å². The predicted molar refractivity (Wildman–Crippen MR) is 76.3 cm³/mol. The van der Waals surface area contributed by atoms with Crippen LogP contribution in [0.4, 0.5) is 0 Å². The Morgan fingerprint density at radius 1 is 1.35 bits per heavy atom. The molecule has 1 aromatic heterocycles. The van der Waals surface area contributed by atoms with Gasteiger partial charge in [0.2, 0.25) is 0 Å². The summed E-state index contributed by atoms with van der Waals surface area (Å²) in [5, 5.41) is 0.915. The third-order valence-corrected chi connectivity index (χ3v) is 3.71. The summed E-state index contributed by atoms with van der Waals surface area (Å²) < 4.78 is 10.6. The third-order valence-electron chi connectivity index (χ3n) is 3.71. The van der Waals surface area contributed by atoms with E-state index in [2.05, 4.69) is 4.98 Å². The van der Waals surface area contributed by atoms with Gasteiger partial charge in [0.25, 0.3) is 5.91 Å². The SMILES string of the molecule is COc1ccc2[nH]c(C)c(C(=O)N3CCOCC3)c2c1. The van der Waals surface area contributed by atoms with Crippen LogP contribution in [-0.4, -0.2) is 49.2 Å². The van der Waals surface area contributed by atoms with Crippen molar-refractivity contribution in [3.63, 3.8) is 0 Å². The van der Waals surface area contributed by atoms with Crippen molar-refractivity contribution < 1.29 is 14.3 Å². The van der Waals surface area contributed by atoms with E-state index in [0.29, 0.717) is 26.3 Å². The van der Waals surface area contributed by atoms with Crippen LogP contribution in [0.15, 0.2) is 18.2 Å². The van der Waals surface area contributed by atoms with Crippen LogP contribution in [0.2, 0.25) is 0 Å². The fourth-order valence-corrected chi connectivity index (χ4v) is 2.63. The zero-order valence-corrected chi connectivity index (χ0v) is 11.7. The molecule has 20 heavy (non-hydrogen) atoms. The van der Waals surface area contributed by atoms with Crippen molar-refractivity contribution in [2.75, 3.05) is 33.4 Å². The Labute approximate surface area is 117 Å². The van der Waals surface area contributed by atoms with Crippen molar-refractivity contribution in [3.8, 4) is 5.75 Å². The van der Waals surface area contributed by atoms with Gasteiger partial charge in [-0.3, -0.25) is 4.79 Å². The van der Waals surface area contributed by atoms with Crippen LogP contribution in [0.3, 0.4) is 0 Å². The highest BCUT2D eigenvalue weighted by molar-refractivity contribution is 6.08. The van der Waals surface area contributed by atoms with Gasteiger partial charge in [0.1, 0.15) is 5.75 Å². The Balaban J connectivity index is 2.04. The number of aromatic amines is 1. The second-order valence-corrected chi connectivity index (χ2v) is 4.94. The van der Waals surface area contributed by atoms with Crippen LogP contribution in [0.1, 0.15) is 16.1 Å². The maximum Gasteiger partial charge on any atom is 0.256 e. The highest BCUT2D eigenvalue weighted by atomic mass is 16.5. The topological polar surface area (TPSA) is 54.6 Å². The molecule has 0 atom stereocenters. The molecular formula is C15H18N2O3. The molecule has 1 aromatic carbocycles. The zero-order chi connectivity index (χ0) is 14.1. The number of nitrogens with zero attached hydrogens (tertiary/aromatic N) is 1. The van der Waals surface area contributed by atoms with Gasteiger partial charge in [-0.15, -0.1) is 0 Å². The number of benzene rings is 1. The largest absolute Gasteiger partial charge is 0.497 e. The number of fused-ring (bicyclic) bond motifs is 1. The van der Waals surface area contributed by atoms with Crippen molar-refractivity contribution in [3.05, 3.63) is 29.5 Å². The molecule has 0 saturated carbocycles. The quantitative estimate of drug-likeness (QED) is 0.910. The van der Waals surface area contributed by atoms with E-state index in [0.717, 1.165) is 27.9 Å². The van der Waals surface area contributed by atoms with Crippen LogP contribution in [0.25, 0.3) is 10.9 Å². The molecule has 5 nitrogen and oxygen atoms in total. The van der Waals surface area contributed by atoms with Crippen molar-refractivity contribution in [1.82, 2.24) is 9.88 Å². The lowest BCUT2D eigenvalue weighted by molar-refractivity contribution is 0.0303. The molecule has 2 aromatic rings. The minimum absolute atomic E-state index is 0.0605. The van der Waals surface area contributed by atoms with Crippen molar-refractivity contribution in [2.45, 2.75) is 6.92 Å². The number of nitrogens with one attached hydrogen (secondary N) is 1. The summed E-state index contributed by atoms with van der Waals surface area (Å²) in [6.07, 6.45) is 0. The van der Waals surface area contributed by atoms with E-state index in [1.165, 1.54) is 0 Å². The Kier molecular flexibility index (Phi) is 3.36. The van der Waals surface area contributed by atoms with E-state index in [1.807, 2.05) is 30.0 Å². The Morgan fingerprint density at radius 3 is 2.80 bits per heavy atom. The van der Waals surface area contributed by atoms with E-state index in [-0.39, 0.29) is 5.91 Å². The lowest BCUT2D eigenvalue weighted by atomic mass is 10.1. The van der Waals surface area contributed by atoms with E-state index < -0.39 is 0 Å². The zero-order valence-electron chi connectivity index (χ0n) is 11.7. The Hall–Kier alpha value is -2.01. The molecule has 2 heterocycles. The fourth-order valence-electron chi connectivity index (χ4n) is 2.63. The number of methoxy groups -OCH3 is 1. The van der Waals surface area contributed by atoms with Gasteiger partial charge in [-0.1, -0.05) is 0 Å². The Morgan fingerprint density at radius 2 is 2.10 bits per heavy atom. The van der Waals surface area contributed by atoms with Gasteiger partial charge in [-0.05, 0) is 25.1 Å². The summed E-state index contributed by atoms with van der Waals surface area (Å²) in [6, 6.07) is 5.74. The Bertz CT molecular complexity index is 642. The maximum absolute atomic E-state index is 12.7. The number of amides is 1. The number of hydrogen-bond donors (Lipinski definition) is 1. The molecule has 3 rings (SSSR count).